The number of hydrogen-bond donors (Lipinski definition) is 0. The van der Waals surface area contributed by atoms with Crippen LogP contribution in [0.25, 0.3) is 5.65 Å². The topological polar surface area (TPSA) is 89.3 Å². The molecule has 0 bridgehead atoms. The molecule has 2 atom stereocenters. The number of ether oxygens (including phenoxy) is 2. The molecule has 2 aliphatic heterocycles. The number of hydrogen-bond acceptors (Lipinski definition) is 6. The molecule has 1 fully saturated rings. The second-order valence-electron chi connectivity index (χ2n) is 10.9. The van der Waals surface area contributed by atoms with Gasteiger partial charge in [-0.2, -0.15) is 5.10 Å². The van der Waals surface area contributed by atoms with E-state index in [1.54, 1.807) is 30.2 Å². The van der Waals surface area contributed by atoms with E-state index in [0.29, 0.717) is 22.1 Å². The summed E-state index contributed by atoms with van der Waals surface area (Å²) in [5, 5.41) is 5.13. The second kappa shape index (κ2) is 9.93. The highest BCUT2D eigenvalue weighted by Crippen LogP contribution is 2.33. The maximum absolute atomic E-state index is 15.1. The quantitative estimate of drug-likeness (QED) is 0.446. The third-order valence-corrected chi connectivity index (χ3v) is 7.38. The van der Waals surface area contributed by atoms with Crippen LogP contribution in [0.5, 0.6) is 5.75 Å². The maximum atomic E-state index is 15.1. The van der Waals surface area contributed by atoms with Gasteiger partial charge in [0.1, 0.15) is 23.3 Å². The summed E-state index contributed by atoms with van der Waals surface area (Å²) in [5.41, 5.74) is 2.99. The number of benzene rings is 1. The number of likely N-dealkylation sites (tertiary alicyclic amines) is 1. The lowest BCUT2D eigenvalue weighted by Gasteiger charge is -2.35. The zero-order chi connectivity index (χ0) is 28.2. The van der Waals surface area contributed by atoms with Crippen molar-refractivity contribution in [1.29, 1.82) is 0 Å². The van der Waals surface area contributed by atoms with Crippen molar-refractivity contribution in [3.05, 3.63) is 57.2 Å². The molecule has 0 radical (unpaired) electrons. The van der Waals surface area contributed by atoms with E-state index < -0.39 is 35.7 Å². The van der Waals surface area contributed by atoms with Crippen molar-refractivity contribution in [2.24, 2.45) is 0 Å². The Bertz CT molecular complexity index is 1470. The third-order valence-electron chi connectivity index (χ3n) is 6.83. The first-order chi connectivity index (χ1) is 18.3. The number of carbonyl (C=O) groups is 2. The average molecular weight is 562 g/mol. The maximum Gasteiger partial charge on any atom is 0.410 e. The molecule has 208 valence electrons. The highest BCUT2D eigenvalue weighted by molar-refractivity contribution is 6.31. The predicted octanol–water partition coefficient (Wildman–Crippen LogP) is 5.02. The van der Waals surface area contributed by atoms with Crippen LogP contribution in [0, 0.1) is 19.7 Å². The van der Waals surface area contributed by atoms with E-state index in [2.05, 4.69) is 10.1 Å². The van der Waals surface area contributed by atoms with Crippen LogP contribution in [0.2, 0.25) is 5.02 Å². The summed E-state index contributed by atoms with van der Waals surface area (Å²) in [6.45, 7) is 9.33. The SMILES string of the molecule is Cc1nc2c3c(nn2c(C)c1Cl)CN(C(=O)c1ccc(F)cc1OC1CCN(C(=O)OC(C)(C)C)CC1F)C3. The van der Waals surface area contributed by atoms with Gasteiger partial charge in [-0.3, -0.25) is 4.79 Å². The summed E-state index contributed by atoms with van der Waals surface area (Å²) in [7, 11) is 0. The molecule has 5 rings (SSSR count). The van der Waals surface area contributed by atoms with Crippen LogP contribution >= 0.6 is 11.6 Å². The number of aryl methyl sites for hydroxylation is 2. The van der Waals surface area contributed by atoms with Crippen LogP contribution < -0.4 is 4.74 Å². The van der Waals surface area contributed by atoms with Gasteiger partial charge >= 0.3 is 6.09 Å². The molecule has 1 aromatic carbocycles. The monoisotopic (exact) mass is 561 g/mol. The van der Waals surface area contributed by atoms with E-state index >= 15 is 4.39 Å². The van der Waals surface area contributed by atoms with Gasteiger partial charge < -0.3 is 19.3 Å². The summed E-state index contributed by atoms with van der Waals surface area (Å²) in [5.74, 6) is -1.06. The van der Waals surface area contributed by atoms with Crippen LogP contribution in [-0.2, 0) is 17.8 Å². The van der Waals surface area contributed by atoms with Gasteiger partial charge in [-0.1, -0.05) is 11.6 Å². The van der Waals surface area contributed by atoms with Gasteiger partial charge in [-0.25, -0.2) is 23.1 Å². The number of alkyl halides is 1. The summed E-state index contributed by atoms with van der Waals surface area (Å²) < 4.78 is 42.2. The van der Waals surface area contributed by atoms with Gasteiger partial charge in [-0.15, -0.1) is 0 Å². The lowest BCUT2D eigenvalue weighted by Crippen LogP contribution is -2.50. The van der Waals surface area contributed by atoms with E-state index in [4.69, 9.17) is 21.1 Å². The molecular weight excluding hydrogens is 532 g/mol. The molecule has 2 aromatic heterocycles. The minimum Gasteiger partial charge on any atom is -0.486 e. The predicted molar refractivity (Wildman–Crippen MR) is 139 cm³/mol. The molecule has 3 aromatic rings. The molecule has 0 spiro atoms. The second-order valence-corrected chi connectivity index (χ2v) is 11.3. The summed E-state index contributed by atoms with van der Waals surface area (Å²) in [6.07, 6.45) is -2.96. The van der Waals surface area contributed by atoms with Crippen molar-refractivity contribution in [2.75, 3.05) is 13.1 Å². The summed E-state index contributed by atoms with van der Waals surface area (Å²) >= 11 is 6.32. The lowest BCUT2D eigenvalue weighted by atomic mass is 10.1. The van der Waals surface area contributed by atoms with Crippen LogP contribution in [-0.4, -0.2) is 67.4 Å². The van der Waals surface area contributed by atoms with Crippen LogP contribution in [0.15, 0.2) is 18.2 Å². The normalized spacial score (nSPS) is 19.4. The minimum absolute atomic E-state index is 0.0475. The number of amides is 2. The zero-order valence-electron chi connectivity index (χ0n) is 22.4. The number of aromatic nitrogens is 3. The van der Waals surface area contributed by atoms with Crippen molar-refractivity contribution in [3.8, 4) is 5.75 Å². The first kappa shape index (κ1) is 27.1. The average Bonchev–Trinajstić information content (AvgIpc) is 3.42. The molecule has 0 saturated carbocycles. The fraction of sp³-hybridized carbons (Fsp3) is 0.481. The smallest absolute Gasteiger partial charge is 0.410 e. The summed E-state index contributed by atoms with van der Waals surface area (Å²) in [6, 6.07) is 3.59. The Morgan fingerprint density at radius 1 is 1.15 bits per heavy atom. The lowest BCUT2D eigenvalue weighted by molar-refractivity contribution is -0.0107. The molecule has 0 aliphatic carbocycles. The Labute approximate surface area is 229 Å². The van der Waals surface area contributed by atoms with E-state index in [0.717, 1.165) is 17.3 Å². The fourth-order valence-corrected chi connectivity index (χ4v) is 4.99. The Morgan fingerprint density at radius 2 is 1.90 bits per heavy atom. The molecule has 2 aliphatic rings. The van der Waals surface area contributed by atoms with Crippen molar-refractivity contribution in [3.63, 3.8) is 0 Å². The molecule has 9 nitrogen and oxygen atoms in total. The molecule has 12 heteroatoms. The first-order valence-corrected chi connectivity index (χ1v) is 13.1. The number of fused-ring (bicyclic) bond motifs is 3. The molecular formula is C27H30ClF2N5O4. The van der Waals surface area contributed by atoms with Gasteiger partial charge in [0.2, 0.25) is 0 Å². The number of piperidine rings is 1. The Kier molecular flexibility index (Phi) is 6.90. The molecule has 2 unspecified atom stereocenters. The van der Waals surface area contributed by atoms with Gasteiger partial charge in [0.15, 0.2) is 11.8 Å². The molecule has 39 heavy (non-hydrogen) atoms. The Morgan fingerprint density at radius 3 is 2.59 bits per heavy atom. The van der Waals surface area contributed by atoms with E-state index in [1.807, 2.05) is 13.8 Å². The van der Waals surface area contributed by atoms with Crippen molar-refractivity contribution >= 4 is 29.2 Å². The van der Waals surface area contributed by atoms with Gasteiger partial charge in [-0.05, 0) is 46.8 Å². The molecule has 4 heterocycles. The minimum atomic E-state index is -1.55. The Hall–Kier alpha value is -3.47. The van der Waals surface area contributed by atoms with E-state index in [1.165, 1.54) is 17.0 Å². The Balaban J connectivity index is 1.32. The van der Waals surface area contributed by atoms with Crippen LogP contribution in [0.1, 0.15) is 60.2 Å². The number of rotatable bonds is 3. The van der Waals surface area contributed by atoms with Crippen molar-refractivity contribution in [1.82, 2.24) is 24.4 Å². The third kappa shape index (κ3) is 5.24. The summed E-state index contributed by atoms with van der Waals surface area (Å²) in [4.78, 5) is 33.3. The van der Waals surface area contributed by atoms with Crippen molar-refractivity contribution < 1.29 is 27.8 Å². The number of carbonyl (C=O) groups excluding carboxylic acids is 2. The molecule has 1 saturated heterocycles. The first-order valence-electron chi connectivity index (χ1n) is 12.7. The van der Waals surface area contributed by atoms with E-state index in [9.17, 15) is 14.0 Å². The number of halogens is 3. The zero-order valence-corrected chi connectivity index (χ0v) is 23.2. The van der Waals surface area contributed by atoms with Crippen LogP contribution in [0.3, 0.4) is 0 Å². The number of nitrogens with zero attached hydrogens (tertiary/aromatic N) is 5. The highest BCUT2D eigenvalue weighted by atomic mass is 35.5. The van der Waals surface area contributed by atoms with Gasteiger partial charge in [0, 0.05) is 24.6 Å². The van der Waals surface area contributed by atoms with Gasteiger partial charge in [0.05, 0.1) is 47.3 Å². The van der Waals surface area contributed by atoms with Gasteiger partial charge in [0.25, 0.3) is 5.91 Å². The fourth-order valence-electron chi connectivity index (χ4n) is 4.87. The standard InChI is InChI=1S/C27H30ClF2N5O4/c1-14-23(28)15(2)35-24(31-14)18-11-34(13-20(18)32-35)25(36)17-7-6-16(29)10-22(17)38-21-8-9-33(12-19(21)30)26(37)39-27(3,4)5/h6-7,10,19,21H,8-9,11-13H2,1-5H3. The largest absolute Gasteiger partial charge is 0.486 e. The highest BCUT2D eigenvalue weighted by Gasteiger charge is 2.37. The molecule has 0 N–H and O–H groups in total. The molecule has 2 amide bonds. The van der Waals surface area contributed by atoms with Crippen molar-refractivity contribution in [2.45, 2.75) is 72.0 Å². The van der Waals surface area contributed by atoms with E-state index in [-0.39, 0.29) is 43.9 Å². The van der Waals surface area contributed by atoms with Crippen LogP contribution in [0.4, 0.5) is 13.6 Å².